The Labute approximate surface area is 84.7 Å². The third-order valence-corrected chi connectivity index (χ3v) is 1.93. The van der Waals surface area contributed by atoms with Crippen LogP contribution < -0.4 is 0 Å². The lowest BCUT2D eigenvalue weighted by Crippen LogP contribution is -2.05. The van der Waals surface area contributed by atoms with Crippen molar-refractivity contribution in [2.75, 3.05) is 0 Å². The van der Waals surface area contributed by atoms with Crippen molar-refractivity contribution in [3.05, 3.63) is 35.4 Å². The highest BCUT2D eigenvalue weighted by molar-refractivity contribution is 5.39. The van der Waals surface area contributed by atoms with Gasteiger partial charge in [0.15, 0.2) is 0 Å². The van der Waals surface area contributed by atoms with Gasteiger partial charge in [0.1, 0.15) is 6.10 Å². The Morgan fingerprint density at radius 2 is 1.80 bits per heavy atom. The lowest BCUT2D eigenvalue weighted by atomic mass is 10.1. The highest BCUT2D eigenvalue weighted by atomic mass is 19.4. The predicted molar refractivity (Wildman–Crippen MR) is 46.6 cm³/mol. The minimum absolute atomic E-state index is 0.492. The summed E-state index contributed by atoms with van der Waals surface area (Å²) in [7, 11) is 0. The van der Waals surface area contributed by atoms with Gasteiger partial charge in [-0.3, -0.25) is 0 Å². The Hall–Kier alpha value is -1.52. The zero-order valence-electron chi connectivity index (χ0n) is 7.84. The number of rotatable bonds is 3. The number of benzene rings is 1. The summed E-state index contributed by atoms with van der Waals surface area (Å²) in [6, 6.07) is 4.43. The first-order valence-corrected chi connectivity index (χ1v) is 4.15. The second kappa shape index (κ2) is 4.33. The van der Waals surface area contributed by atoms with Gasteiger partial charge < -0.3 is 4.74 Å². The first-order valence-electron chi connectivity index (χ1n) is 4.15. The summed E-state index contributed by atoms with van der Waals surface area (Å²) in [5.41, 5.74) is -0.236. The van der Waals surface area contributed by atoms with Crippen LogP contribution in [0.4, 0.5) is 13.2 Å². The van der Waals surface area contributed by atoms with Crippen LogP contribution in [0.5, 0.6) is 0 Å². The van der Waals surface area contributed by atoms with Crippen LogP contribution in [-0.4, -0.2) is 6.47 Å². The van der Waals surface area contributed by atoms with Crippen LogP contribution >= 0.6 is 0 Å². The van der Waals surface area contributed by atoms with Gasteiger partial charge in [0.05, 0.1) is 5.56 Å². The Morgan fingerprint density at radius 1 is 1.27 bits per heavy atom. The summed E-state index contributed by atoms with van der Waals surface area (Å²) < 4.78 is 41.0. The molecule has 0 aliphatic carbocycles. The second-order valence-corrected chi connectivity index (χ2v) is 2.96. The number of hydrogen-bond acceptors (Lipinski definition) is 2. The van der Waals surface area contributed by atoms with Gasteiger partial charge in [0.25, 0.3) is 0 Å². The van der Waals surface area contributed by atoms with E-state index < -0.39 is 17.8 Å². The third-order valence-electron chi connectivity index (χ3n) is 1.93. The Kier molecular flexibility index (Phi) is 3.34. The molecule has 81 valence electrons. The van der Waals surface area contributed by atoms with Crippen LogP contribution in [0.3, 0.4) is 0 Å². The van der Waals surface area contributed by atoms with E-state index in [1.165, 1.54) is 18.6 Å². The molecule has 0 saturated heterocycles. The molecule has 1 unspecified atom stereocenters. The maximum atomic E-state index is 12.2. The van der Waals surface area contributed by atoms with E-state index >= 15 is 0 Å². The van der Waals surface area contributed by atoms with E-state index in [2.05, 4.69) is 4.74 Å². The first-order chi connectivity index (χ1) is 6.95. The first kappa shape index (κ1) is 11.6. The van der Waals surface area contributed by atoms with E-state index in [0.717, 1.165) is 12.1 Å². The van der Waals surface area contributed by atoms with Crippen LogP contribution in [0.2, 0.25) is 0 Å². The van der Waals surface area contributed by atoms with Gasteiger partial charge in [-0.2, -0.15) is 13.2 Å². The third kappa shape index (κ3) is 2.97. The summed E-state index contributed by atoms with van der Waals surface area (Å²) in [5.74, 6) is 0. The number of hydrogen-bond donors (Lipinski definition) is 0. The van der Waals surface area contributed by atoms with Gasteiger partial charge in [-0.1, -0.05) is 12.1 Å². The molecule has 0 N–H and O–H groups in total. The molecular formula is C10H8F3O2. The molecule has 2 nitrogen and oxygen atoms in total. The summed E-state index contributed by atoms with van der Waals surface area (Å²) in [4.78, 5) is 9.89. The molecule has 0 amide bonds. The van der Waals surface area contributed by atoms with Gasteiger partial charge in [-0.25, -0.2) is 4.79 Å². The molecule has 0 aliphatic rings. The van der Waals surface area contributed by atoms with Crippen LogP contribution in [0, 0.1) is 0 Å². The zero-order valence-corrected chi connectivity index (χ0v) is 7.84. The minimum atomic E-state index is -4.35. The maximum absolute atomic E-state index is 12.2. The standard InChI is InChI=1S/C10H8F3O2/c1-7(15-6-14)8-2-4-9(5-3-8)10(11,12)13/h2-5,7H,1H3. The van der Waals surface area contributed by atoms with Crippen molar-refractivity contribution in [3.63, 3.8) is 0 Å². The van der Waals surface area contributed by atoms with Crippen molar-refractivity contribution in [1.29, 1.82) is 0 Å². The smallest absolute Gasteiger partial charge is 0.418 e. The molecule has 0 bridgehead atoms. The van der Waals surface area contributed by atoms with Gasteiger partial charge in [-0.05, 0) is 24.6 Å². The quantitative estimate of drug-likeness (QED) is 0.778. The van der Waals surface area contributed by atoms with E-state index in [9.17, 15) is 18.0 Å². The van der Waals surface area contributed by atoms with Gasteiger partial charge >= 0.3 is 12.6 Å². The number of ether oxygens (including phenoxy) is 1. The molecule has 15 heavy (non-hydrogen) atoms. The highest BCUT2D eigenvalue weighted by Gasteiger charge is 2.30. The van der Waals surface area contributed by atoms with Gasteiger partial charge in [-0.15, -0.1) is 0 Å². The largest absolute Gasteiger partial charge is 0.449 e. The fourth-order valence-electron chi connectivity index (χ4n) is 1.08. The van der Waals surface area contributed by atoms with Crippen molar-refractivity contribution in [1.82, 2.24) is 0 Å². The number of carbonyl (C=O) groups excluding carboxylic acids is 1. The molecule has 0 saturated carbocycles. The number of alkyl halides is 3. The molecule has 0 aromatic heterocycles. The zero-order chi connectivity index (χ0) is 11.5. The molecular weight excluding hydrogens is 209 g/mol. The lowest BCUT2D eigenvalue weighted by molar-refractivity contribution is -0.137. The molecule has 0 fully saturated rings. The van der Waals surface area contributed by atoms with Crippen molar-refractivity contribution in [2.45, 2.75) is 19.2 Å². The van der Waals surface area contributed by atoms with E-state index in [-0.39, 0.29) is 0 Å². The van der Waals surface area contributed by atoms with E-state index in [1.807, 2.05) is 0 Å². The summed E-state index contributed by atoms with van der Waals surface area (Å²) in [6.07, 6.45) is -4.94. The van der Waals surface area contributed by atoms with E-state index in [4.69, 9.17) is 0 Å². The van der Waals surface area contributed by atoms with Crippen molar-refractivity contribution in [3.8, 4) is 0 Å². The Balaban J connectivity index is 2.85. The van der Waals surface area contributed by atoms with E-state index in [0.29, 0.717) is 5.56 Å². The molecule has 0 heterocycles. The topological polar surface area (TPSA) is 26.3 Å². The molecule has 1 aromatic carbocycles. The average Bonchev–Trinajstić information content (AvgIpc) is 2.17. The predicted octanol–water partition coefficient (Wildman–Crippen LogP) is 2.85. The Morgan fingerprint density at radius 3 is 2.20 bits per heavy atom. The van der Waals surface area contributed by atoms with E-state index in [1.54, 1.807) is 6.92 Å². The molecule has 0 aliphatic heterocycles. The summed E-state index contributed by atoms with van der Waals surface area (Å²) in [5, 5.41) is 0. The number of halogens is 3. The van der Waals surface area contributed by atoms with Crippen molar-refractivity contribution < 1.29 is 22.7 Å². The second-order valence-electron chi connectivity index (χ2n) is 2.96. The van der Waals surface area contributed by atoms with Gasteiger partial charge in [0.2, 0.25) is 0 Å². The molecule has 5 heteroatoms. The van der Waals surface area contributed by atoms with Gasteiger partial charge in [0, 0.05) is 0 Å². The minimum Gasteiger partial charge on any atom is -0.449 e. The van der Waals surface area contributed by atoms with Crippen LogP contribution in [0.25, 0.3) is 0 Å². The van der Waals surface area contributed by atoms with Crippen LogP contribution in [0.1, 0.15) is 24.2 Å². The van der Waals surface area contributed by atoms with Crippen LogP contribution in [-0.2, 0) is 15.7 Å². The highest BCUT2D eigenvalue weighted by Crippen LogP contribution is 2.30. The molecule has 0 spiro atoms. The summed E-state index contributed by atoms with van der Waals surface area (Å²) in [6.45, 7) is 2.79. The summed E-state index contributed by atoms with van der Waals surface area (Å²) >= 11 is 0. The monoisotopic (exact) mass is 217 g/mol. The fourth-order valence-corrected chi connectivity index (χ4v) is 1.08. The normalized spacial score (nSPS) is 13.3. The molecule has 1 rings (SSSR count). The molecule has 1 atom stereocenters. The molecule has 1 radical (unpaired) electrons. The molecule has 1 aromatic rings. The lowest BCUT2D eigenvalue weighted by Gasteiger charge is -2.11. The SMILES string of the molecule is CC(O[C]=O)c1ccc(C(F)(F)F)cc1. The van der Waals surface area contributed by atoms with Crippen molar-refractivity contribution >= 4 is 6.47 Å². The average molecular weight is 217 g/mol. The fraction of sp³-hybridized carbons (Fsp3) is 0.300. The van der Waals surface area contributed by atoms with Crippen molar-refractivity contribution in [2.24, 2.45) is 0 Å². The van der Waals surface area contributed by atoms with Crippen LogP contribution in [0.15, 0.2) is 24.3 Å². The maximum Gasteiger partial charge on any atom is 0.418 e. The Bertz CT molecular complexity index is 330.